The second-order valence-electron chi connectivity index (χ2n) is 5.62. The molecule has 0 aromatic carbocycles. The zero-order valence-corrected chi connectivity index (χ0v) is 9.90. The van der Waals surface area contributed by atoms with Crippen LogP contribution in [0.15, 0.2) is 24.5 Å². The van der Waals surface area contributed by atoms with Gasteiger partial charge in [-0.25, -0.2) is 0 Å². The van der Waals surface area contributed by atoms with E-state index in [0.717, 1.165) is 12.5 Å². The SMILES string of the molecule is CC(C)(C)C1CN(Cc2cccnc2)C1. The minimum absolute atomic E-state index is 0.464. The van der Waals surface area contributed by atoms with Crippen molar-refractivity contribution in [3.63, 3.8) is 0 Å². The average Bonchev–Trinajstić information content (AvgIpc) is 2.10. The summed E-state index contributed by atoms with van der Waals surface area (Å²) < 4.78 is 0. The van der Waals surface area contributed by atoms with Gasteiger partial charge in [-0.1, -0.05) is 26.8 Å². The van der Waals surface area contributed by atoms with Crippen molar-refractivity contribution >= 4 is 0 Å². The van der Waals surface area contributed by atoms with E-state index in [4.69, 9.17) is 0 Å². The Balaban J connectivity index is 1.82. The van der Waals surface area contributed by atoms with Crippen LogP contribution in [0.5, 0.6) is 0 Å². The summed E-state index contributed by atoms with van der Waals surface area (Å²) in [5, 5.41) is 0. The Bertz CT molecular complexity index is 307. The Kier molecular flexibility index (Phi) is 2.79. The highest BCUT2D eigenvalue weighted by molar-refractivity contribution is 5.09. The molecule has 82 valence electrons. The molecule has 1 aromatic rings. The minimum atomic E-state index is 0.464. The summed E-state index contributed by atoms with van der Waals surface area (Å²) in [5.41, 5.74) is 1.79. The van der Waals surface area contributed by atoms with Gasteiger partial charge in [0, 0.05) is 32.0 Å². The van der Waals surface area contributed by atoms with E-state index in [0.29, 0.717) is 5.41 Å². The van der Waals surface area contributed by atoms with E-state index in [-0.39, 0.29) is 0 Å². The van der Waals surface area contributed by atoms with E-state index in [9.17, 15) is 0 Å². The van der Waals surface area contributed by atoms with Crippen LogP contribution in [0.25, 0.3) is 0 Å². The molecule has 0 spiro atoms. The molecule has 1 fully saturated rings. The first-order chi connectivity index (χ1) is 7.05. The van der Waals surface area contributed by atoms with E-state index in [1.807, 2.05) is 18.5 Å². The molecule has 0 aliphatic carbocycles. The van der Waals surface area contributed by atoms with Gasteiger partial charge in [0.05, 0.1) is 0 Å². The lowest BCUT2D eigenvalue weighted by Gasteiger charge is -2.46. The van der Waals surface area contributed by atoms with Crippen molar-refractivity contribution in [1.29, 1.82) is 0 Å². The zero-order valence-electron chi connectivity index (χ0n) is 9.90. The number of nitrogens with zero attached hydrogens (tertiary/aromatic N) is 2. The molecule has 2 nitrogen and oxygen atoms in total. The van der Waals surface area contributed by atoms with Crippen LogP contribution in [0, 0.1) is 11.3 Å². The smallest absolute Gasteiger partial charge is 0.0312 e. The second kappa shape index (κ2) is 3.93. The van der Waals surface area contributed by atoms with Gasteiger partial charge in [0.25, 0.3) is 0 Å². The predicted octanol–water partition coefficient (Wildman–Crippen LogP) is 2.56. The molecule has 0 unspecified atom stereocenters. The highest BCUT2D eigenvalue weighted by Crippen LogP contribution is 2.34. The molecular formula is C13H20N2. The van der Waals surface area contributed by atoms with E-state index in [1.54, 1.807) is 0 Å². The molecule has 1 saturated heterocycles. The fourth-order valence-electron chi connectivity index (χ4n) is 2.00. The average molecular weight is 204 g/mol. The molecule has 2 rings (SSSR count). The molecule has 2 heterocycles. The first kappa shape index (κ1) is 10.6. The standard InChI is InChI=1S/C13H20N2/c1-13(2,3)12-9-15(10-12)8-11-5-4-6-14-7-11/h4-7,12H,8-10H2,1-3H3. The van der Waals surface area contributed by atoms with Crippen LogP contribution in [0.4, 0.5) is 0 Å². The van der Waals surface area contributed by atoms with Crippen molar-refractivity contribution in [2.75, 3.05) is 13.1 Å². The van der Waals surface area contributed by atoms with Crippen molar-refractivity contribution in [1.82, 2.24) is 9.88 Å². The summed E-state index contributed by atoms with van der Waals surface area (Å²) >= 11 is 0. The normalized spacial score (nSPS) is 18.9. The third-order valence-electron chi connectivity index (χ3n) is 3.31. The first-order valence-electron chi connectivity index (χ1n) is 5.67. The van der Waals surface area contributed by atoms with Crippen LogP contribution < -0.4 is 0 Å². The van der Waals surface area contributed by atoms with E-state index >= 15 is 0 Å². The van der Waals surface area contributed by atoms with E-state index < -0.39 is 0 Å². The number of hydrogen-bond donors (Lipinski definition) is 0. The van der Waals surface area contributed by atoms with Gasteiger partial charge in [-0.15, -0.1) is 0 Å². The van der Waals surface area contributed by atoms with Crippen molar-refractivity contribution < 1.29 is 0 Å². The number of likely N-dealkylation sites (tertiary alicyclic amines) is 1. The van der Waals surface area contributed by atoms with Gasteiger partial charge in [-0.3, -0.25) is 9.88 Å². The summed E-state index contributed by atoms with van der Waals surface area (Å²) in [6, 6.07) is 4.16. The topological polar surface area (TPSA) is 16.1 Å². The Morgan fingerprint density at radius 1 is 1.40 bits per heavy atom. The van der Waals surface area contributed by atoms with Crippen LogP contribution in [-0.4, -0.2) is 23.0 Å². The second-order valence-corrected chi connectivity index (χ2v) is 5.62. The molecule has 0 atom stereocenters. The van der Waals surface area contributed by atoms with Gasteiger partial charge in [-0.2, -0.15) is 0 Å². The minimum Gasteiger partial charge on any atom is -0.298 e. The lowest BCUT2D eigenvalue weighted by Crippen LogP contribution is -2.51. The molecule has 1 aliphatic rings. The summed E-state index contributed by atoms with van der Waals surface area (Å²) in [7, 11) is 0. The zero-order chi connectivity index (χ0) is 10.9. The summed E-state index contributed by atoms with van der Waals surface area (Å²) in [6.45, 7) is 10.5. The van der Waals surface area contributed by atoms with Crippen molar-refractivity contribution in [2.24, 2.45) is 11.3 Å². The van der Waals surface area contributed by atoms with Crippen LogP contribution in [-0.2, 0) is 6.54 Å². The van der Waals surface area contributed by atoms with Gasteiger partial charge in [-0.05, 0) is 23.0 Å². The van der Waals surface area contributed by atoms with Gasteiger partial charge in [0.1, 0.15) is 0 Å². The third kappa shape index (κ3) is 2.57. The van der Waals surface area contributed by atoms with Crippen molar-refractivity contribution in [3.8, 4) is 0 Å². The number of aromatic nitrogens is 1. The first-order valence-corrected chi connectivity index (χ1v) is 5.67. The van der Waals surface area contributed by atoms with Crippen LogP contribution in [0.3, 0.4) is 0 Å². The maximum Gasteiger partial charge on any atom is 0.0312 e. The van der Waals surface area contributed by atoms with Crippen LogP contribution in [0.1, 0.15) is 26.3 Å². The van der Waals surface area contributed by atoms with Gasteiger partial charge in [0.2, 0.25) is 0 Å². The fourth-order valence-corrected chi connectivity index (χ4v) is 2.00. The molecule has 0 saturated carbocycles. The number of rotatable bonds is 2. The summed E-state index contributed by atoms with van der Waals surface area (Å²) in [5.74, 6) is 0.856. The Labute approximate surface area is 92.3 Å². The van der Waals surface area contributed by atoms with E-state index in [2.05, 4.69) is 36.7 Å². The van der Waals surface area contributed by atoms with Gasteiger partial charge in [0.15, 0.2) is 0 Å². The number of hydrogen-bond acceptors (Lipinski definition) is 2. The third-order valence-corrected chi connectivity index (χ3v) is 3.31. The molecular weight excluding hydrogens is 184 g/mol. The van der Waals surface area contributed by atoms with Crippen molar-refractivity contribution in [2.45, 2.75) is 27.3 Å². The predicted molar refractivity (Wildman–Crippen MR) is 62.5 cm³/mol. The lowest BCUT2D eigenvalue weighted by atomic mass is 9.76. The fraction of sp³-hybridized carbons (Fsp3) is 0.615. The monoisotopic (exact) mass is 204 g/mol. The largest absolute Gasteiger partial charge is 0.298 e. The quantitative estimate of drug-likeness (QED) is 0.736. The summed E-state index contributed by atoms with van der Waals surface area (Å²) in [6.07, 6.45) is 3.79. The van der Waals surface area contributed by atoms with Crippen LogP contribution in [0.2, 0.25) is 0 Å². The maximum atomic E-state index is 4.14. The molecule has 0 bridgehead atoms. The van der Waals surface area contributed by atoms with Crippen molar-refractivity contribution in [3.05, 3.63) is 30.1 Å². The lowest BCUT2D eigenvalue weighted by molar-refractivity contribution is 0.0188. The molecule has 0 radical (unpaired) electrons. The molecule has 1 aliphatic heterocycles. The van der Waals surface area contributed by atoms with Gasteiger partial charge < -0.3 is 0 Å². The molecule has 15 heavy (non-hydrogen) atoms. The van der Waals surface area contributed by atoms with Gasteiger partial charge >= 0.3 is 0 Å². The Hall–Kier alpha value is -0.890. The highest BCUT2D eigenvalue weighted by Gasteiger charge is 2.35. The Morgan fingerprint density at radius 2 is 2.13 bits per heavy atom. The molecule has 2 heteroatoms. The Morgan fingerprint density at radius 3 is 2.67 bits per heavy atom. The maximum absolute atomic E-state index is 4.14. The molecule has 1 aromatic heterocycles. The number of pyridine rings is 1. The van der Waals surface area contributed by atoms with E-state index in [1.165, 1.54) is 18.7 Å². The summed E-state index contributed by atoms with van der Waals surface area (Å²) in [4.78, 5) is 6.63. The van der Waals surface area contributed by atoms with Crippen LogP contribution >= 0.6 is 0 Å². The molecule has 0 N–H and O–H groups in total. The highest BCUT2D eigenvalue weighted by atomic mass is 15.2. The molecule has 0 amide bonds.